The molecule has 0 aromatic heterocycles. The Morgan fingerprint density at radius 3 is 2.74 bits per heavy atom. The predicted molar refractivity (Wildman–Crippen MR) is 76.2 cm³/mol. The van der Waals surface area contributed by atoms with Gasteiger partial charge in [0, 0.05) is 13.1 Å². The first kappa shape index (κ1) is 14.1. The molecule has 1 aromatic rings. The van der Waals surface area contributed by atoms with Crippen LogP contribution in [-0.4, -0.2) is 29.1 Å². The molecule has 1 aliphatic carbocycles. The van der Waals surface area contributed by atoms with Crippen LogP contribution in [-0.2, 0) is 24.2 Å². The maximum Gasteiger partial charge on any atom is 0.317 e. The largest absolute Gasteiger partial charge is 0.480 e. The van der Waals surface area contributed by atoms with Gasteiger partial charge in [-0.15, -0.1) is 0 Å². The highest BCUT2D eigenvalue weighted by molar-refractivity contribution is 5.69. The number of rotatable bonds is 6. The molecular weight excluding hydrogens is 238 g/mol. The fourth-order valence-corrected chi connectivity index (χ4v) is 2.87. The number of benzene rings is 1. The number of hydrogen-bond donors (Lipinski definition) is 1. The highest BCUT2D eigenvalue weighted by Gasteiger charge is 2.15. The monoisotopic (exact) mass is 261 g/mol. The number of aryl methyl sites for hydroxylation is 2. The number of carbonyl (C=O) groups is 1. The van der Waals surface area contributed by atoms with Crippen LogP contribution in [0.1, 0.15) is 37.0 Å². The van der Waals surface area contributed by atoms with Crippen molar-refractivity contribution in [1.82, 2.24) is 4.90 Å². The summed E-state index contributed by atoms with van der Waals surface area (Å²) in [6.07, 6.45) is 3.62. The second-order valence-electron chi connectivity index (χ2n) is 5.91. The van der Waals surface area contributed by atoms with E-state index in [0.717, 1.165) is 13.1 Å². The van der Waals surface area contributed by atoms with Gasteiger partial charge < -0.3 is 5.11 Å². The molecule has 3 heteroatoms. The van der Waals surface area contributed by atoms with E-state index in [4.69, 9.17) is 5.11 Å². The quantitative estimate of drug-likeness (QED) is 0.856. The number of carboxylic acids is 1. The van der Waals surface area contributed by atoms with Crippen LogP contribution in [0.2, 0.25) is 0 Å². The summed E-state index contributed by atoms with van der Waals surface area (Å²) in [4.78, 5) is 12.9. The van der Waals surface area contributed by atoms with Gasteiger partial charge >= 0.3 is 5.97 Å². The second kappa shape index (κ2) is 6.20. The van der Waals surface area contributed by atoms with Gasteiger partial charge in [-0.1, -0.05) is 32.0 Å². The minimum atomic E-state index is -0.748. The van der Waals surface area contributed by atoms with Gasteiger partial charge in [-0.3, -0.25) is 9.69 Å². The zero-order valence-corrected chi connectivity index (χ0v) is 11.9. The molecule has 0 bridgehead atoms. The van der Waals surface area contributed by atoms with Gasteiger partial charge in [0.25, 0.3) is 0 Å². The van der Waals surface area contributed by atoms with Gasteiger partial charge in [-0.25, -0.2) is 0 Å². The summed E-state index contributed by atoms with van der Waals surface area (Å²) in [6.45, 7) is 5.92. The van der Waals surface area contributed by atoms with E-state index in [0.29, 0.717) is 5.92 Å². The molecular formula is C16H23NO2. The van der Waals surface area contributed by atoms with Crippen molar-refractivity contribution in [2.45, 2.75) is 39.7 Å². The Balaban J connectivity index is 2.05. The van der Waals surface area contributed by atoms with E-state index in [1.807, 2.05) is 4.90 Å². The van der Waals surface area contributed by atoms with Crippen molar-refractivity contribution in [2.75, 3.05) is 13.1 Å². The summed E-state index contributed by atoms with van der Waals surface area (Å²) < 4.78 is 0. The van der Waals surface area contributed by atoms with Crippen LogP contribution in [0, 0.1) is 5.92 Å². The summed E-state index contributed by atoms with van der Waals surface area (Å²) in [5.41, 5.74) is 4.16. The van der Waals surface area contributed by atoms with Gasteiger partial charge in [-0.2, -0.15) is 0 Å². The standard InChI is InChI=1S/C16H23NO2/c1-12(2)9-17(11-16(18)19)10-13-6-7-14-4-3-5-15(14)8-13/h6-8,12H,3-5,9-11H2,1-2H3,(H,18,19). The minimum Gasteiger partial charge on any atom is -0.480 e. The van der Waals surface area contributed by atoms with Crippen LogP contribution in [0.5, 0.6) is 0 Å². The predicted octanol–water partition coefficient (Wildman–Crippen LogP) is 2.72. The summed E-state index contributed by atoms with van der Waals surface area (Å²) >= 11 is 0. The molecule has 0 heterocycles. The molecule has 0 aliphatic heterocycles. The summed E-state index contributed by atoms with van der Waals surface area (Å²) in [5.74, 6) is -0.268. The third kappa shape index (κ3) is 4.06. The molecule has 0 unspecified atom stereocenters. The number of nitrogens with zero attached hydrogens (tertiary/aromatic N) is 1. The van der Waals surface area contributed by atoms with Crippen LogP contribution in [0.3, 0.4) is 0 Å². The Morgan fingerprint density at radius 2 is 2.05 bits per heavy atom. The van der Waals surface area contributed by atoms with Crippen molar-refractivity contribution in [3.8, 4) is 0 Å². The van der Waals surface area contributed by atoms with E-state index in [-0.39, 0.29) is 6.54 Å². The third-order valence-electron chi connectivity index (χ3n) is 3.55. The average Bonchev–Trinajstić information content (AvgIpc) is 2.74. The second-order valence-corrected chi connectivity index (χ2v) is 5.91. The number of hydrogen-bond acceptors (Lipinski definition) is 2. The lowest BCUT2D eigenvalue weighted by atomic mass is 10.1. The number of aliphatic carboxylic acids is 1. The van der Waals surface area contributed by atoms with Crippen molar-refractivity contribution in [1.29, 1.82) is 0 Å². The van der Waals surface area contributed by atoms with Crippen molar-refractivity contribution in [2.24, 2.45) is 5.92 Å². The fourth-order valence-electron chi connectivity index (χ4n) is 2.87. The van der Waals surface area contributed by atoms with E-state index in [1.54, 1.807) is 0 Å². The Labute approximate surface area is 115 Å². The average molecular weight is 261 g/mol. The third-order valence-corrected chi connectivity index (χ3v) is 3.55. The molecule has 104 valence electrons. The lowest BCUT2D eigenvalue weighted by Crippen LogP contribution is -2.32. The molecule has 19 heavy (non-hydrogen) atoms. The minimum absolute atomic E-state index is 0.120. The Kier molecular flexibility index (Phi) is 4.59. The van der Waals surface area contributed by atoms with Crippen LogP contribution in [0.25, 0.3) is 0 Å². The van der Waals surface area contributed by atoms with Crippen molar-refractivity contribution in [3.63, 3.8) is 0 Å². The van der Waals surface area contributed by atoms with Gasteiger partial charge in [0.05, 0.1) is 6.54 Å². The van der Waals surface area contributed by atoms with Gasteiger partial charge in [0.1, 0.15) is 0 Å². The molecule has 0 fully saturated rings. The molecule has 0 spiro atoms. The molecule has 0 saturated heterocycles. The van der Waals surface area contributed by atoms with Gasteiger partial charge in [-0.05, 0) is 41.9 Å². The van der Waals surface area contributed by atoms with Crippen molar-refractivity contribution in [3.05, 3.63) is 34.9 Å². The van der Waals surface area contributed by atoms with Crippen molar-refractivity contribution < 1.29 is 9.90 Å². The van der Waals surface area contributed by atoms with E-state index in [9.17, 15) is 4.79 Å². The normalized spacial score (nSPS) is 14.1. The smallest absolute Gasteiger partial charge is 0.317 e. The molecule has 0 saturated carbocycles. The lowest BCUT2D eigenvalue weighted by Gasteiger charge is -2.22. The van der Waals surface area contributed by atoms with Crippen LogP contribution in [0.15, 0.2) is 18.2 Å². The Morgan fingerprint density at radius 1 is 1.32 bits per heavy atom. The molecule has 0 radical (unpaired) electrons. The first-order chi connectivity index (χ1) is 9.04. The highest BCUT2D eigenvalue weighted by atomic mass is 16.4. The van der Waals surface area contributed by atoms with E-state index in [1.165, 1.54) is 36.0 Å². The van der Waals surface area contributed by atoms with Crippen LogP contribution < -0.4 is 0 Å². The summed E-state index contributed by atoms with van der Waals surface area (Å²) in [6, 6.07) is 6.63. The zero-order chi connectivity index (χ0) is 13.8. The zero-order valence-electron chi connectivity index (χ0n) is 11.9. The number of fused-ring (bicyclic) bond motifs is 1. The molecule has 0 amide bonds. The summed E-state index contributed by atoms with van der Waals surface area (Å²) in [5, 5.41) is 8.99. The fraction of sp³-hybridized carbons (Fsp3) is 0.562. The van der Waals surface area contributed by atoms with E-state index < -0.39 is 5.97 Å². The first-order valence-corrected chi connectivity index (χ1v) is 7.09. The Hall–Kier alpha value is -1.35. The molecule has 2 rings (SSSR count). The van der Waals surface area contributed by atoms with Crippen LogP contribution in [0.4, 0.5) is 0 Å². The molecule has 1 N–H and O–H groups in total. The Bertz CT molecular complexity index is 454. The van der Waals surface area contributed by atoms with E-state index in [2.05, 4.69) is 32.0 Å². The van der Waals surface area contributed by atoms with Crippen LogP contribution >= 0.6 is 0 Å². The highest BCUT2D eigenvalue weighted by Crippen LogP contribution is 2.23. The van der Waals surface area contributed by atoms with Gasteiger partial charge in [0.2, 0.25) is 0 Å². The maximum absolute atomic E-state index is 10.9. The topological polar surface area (TPSA) is 40.5 Å². The SMILES string of the molecule is CC(C)CN(CC(=O)O)Cc1ccc2c(c1)CCC2. The number of carboxylic acid groups (broad SMARTS) is 1. The summed E-state index contributed by atoms with van der Waals surface area (Å²) in [7, 11) is 0. The molecule has 1 aromatic carbocycles. The maximum atomic E-state index is 10.9. The lowest BCUT2D eigenvalue weighted by molar-refractivity contribution is -0.138. The van der Waals surface area contributed by atoms with Gasteiger partial charge in [0.15, 0.2) is 0 Å². The van der Waals surface area contributed by atoms with E-state index >= 15 is 0 Å². The molecule has 0 atom stereocenters. The molecule has 3 nitrogen and oxygen atoms in total. The first-order valence-electron chi connectivity index (χ1n) is 7.09. The van der Waals surface area contributed by atoms with Crippen molar-refractivity contribution >= 4 is 5.97 Å². The molecule has 1 aliphatic rings.